The summed E-state index contributed by atoms with van der Waals surface area (Å²) in [6.45, 7) is 3.43. The maximum absolute atomic E-state index is 11.4. The van der Waals surface area contributed by atoms with Gasteiger partial charge in [-0.2, -0.15) is 11.3 Å². The number of nitrogens with two attached hydrogens (primary N) is 1. The molecule has 1 rings (SSSR count). The molecule has 0 saturated carbocycles. The third-order valence-corrected chi connectivity index (χ3v) is 2.05. The Labute approximate surface area is 70.0 Å². The maximum atomic E-state index is 11.4. The van der Waals surface area contributed by atoms with Crippen LogP contribution in [0, 0.1) is 0 Å². The summed E-state index contributed by atoms with van der Waals surface area (Å²) in [5, 5.41) is 3.69. The van der Waals surface area contributed by atoms with Crippen LogP contribution in [0.25, 0.3) is 0 Å². The van der Waals surface area contributed by atoms with E-state index in [9.17, 15) is 4.79 Å². The van der Waals surface area contributed by atoms with Crippen molar-refractivity contribution >= 4 is 17.1 Å². The van der Waals surface area contributed by atoms with Crippen molar-refractivity contribution < 1.29 is 4.79 Å². The van der Waals surface area contributed by atoms with Crippen molar-refractivity contribution in [2.24, 2.45) is 5.73 Å². The predicted molar refractivity (Wildman–Crippen MR) is 46.9 cm³/mol. The van der Waals surface area contributed by atoms with E-state index in [1.54, 1.807) is 19.9 Å². The van der Waals surface area contributed by atoms with E-state index in [2.05, 4.69) is 0 Å². The highest BCUT2D eigenvalue weighted by Gasteiger charge is 2.23. The summed E-state index contributed by atoms with van der Waals surface area (Å²) in [5.74, 6) is -0.00116. The molecule has 2 nitrogen and oxygen atoms in total. The molecule has 0 amide bonds. The van der Waals surface area contributed by atoms with Crippen LogP contribution in [0.15, 0.2) is 16.8 Å². The average Bonchev–Trinajstić information content (AvgIpc) is 2.34. The van der Waals surface area contributed by atoms with Crippen LogP contribution in [0.5, 0.6) is 0 Å². The lowest BCUT2D eigenvalue weighted by Crippen LogP contribution is -2.41. The fourth-order valence-corrected chi connectivity index (χ4v) is 1.40. The van der Waals surface area contributed by atoms with Gasteiger partial charge in [0.2, 0.25) is 0 Å². The summed E-state index contributed by atoms with van der Waals surface area (Å²) < 4.78 is 0. The van der Waals surface area contributed by atoms with Gasteiger partial charge in [-0.25, -0.2) is 0 Å². The highest BCUT2D eigenvalue weighted by Crippen LogP contribution is 2.12. The molecule has 60 valence electrons. The normalized spacial score (nSPS) is 11.5. The van der Waals surface area contributed by atoms with Crippen molar-refractivity contribution in [1.29, 1.82) is 0 Å². The minimum absolute atomic E-state index is 0.00116. The van der Waals surface area contributed by atoms with Crippen molar-refractivity contribution in [2.45, 2.75) is 19.4 Å². The molecule has 1 heterocycles. The molecule has 11 heavy (non-hydrogen) atoms. The van der Waals surface area contributed by atoms with Crippen molar-refractivity contribution in [1.82, 2.24) is 0 Å². The van der Waals surface area contributed by atoms with E-state index >= 15 is 0 Å². The predicted octanol–water partition coefficient (Wildman–Crippen LogP) is 1.67. The average molecular weight is 169 g/mol. The van der Waals surface area contributed by atoms with Crippen LogP contribution in [-0.4, -0.2) is 11.3 Å². The first kappa shape index (κ1) is 8.43. The minimum atomic E-state index is -0.749. The standard InChI is InChI=1S/C8H11NOS/c1-8(2,9)7(10)6-3-4-11-5-6/h3-5H,9H2,1-2H3. The zero-order valence-corrected chi connectivity index (χ0v) is 7.44. The van der Waals surface area contributed by atoms with Gasteiger partial charge in [-0.3, -0.25) is 4.79 Å². The maximum Gasteiger partial charge on any atom is 0.182 e. The van der Waals surface area contributed by atoms with Crippen molar-refractivity contribution in [3.05, 3.63) is 22.4 Å². The Morgan fingerprint density at radius 3 is 2.64 bits per heavy atom. The molecule has 0 aliphatic heterocycles. The van der Waals surface area contributed by atoms with Crippen LogP contribution in [0.4, 0.5) is 0 Å². The SMILES string of the molecule is CC(C)(N)C(=O)c1ccsc1. The van der Waals surface area contributed by atoms with Gasteiger partial charge in [0.25, 0.3) is 0 Å². The smallest absolute Gasteiger partial charge is 0.182 e. The molecule has 0 aliphatic carbocycles. The summed E-state index contributed by atoms with van der Waals surface area (Å²) in [6, 6.07) is 1.79. The fraction of sp³-hybridized carbons (Fsp3) is 0.375. The molecule has 0 bridgehead atoms. The lowest BCUT2D eigenvalue weighted by molar-refractivity contribution is 0.0914. The molecular formula is C8H11NOS. The van der Waals surface area contributed by atoms with Crippen LogP contribution in [0.1, 0.15) is 24.2 Å². The van der Waals surface area contributed by atoms with Gasteiger partial charge < -0.3 is 5.73 Å². The molecular weight excluding hydrogens is 158 g/mol. The van der Waals surface area contributed by atoms with Gasteiger partial charge in [-0.15, -0.1) is 0 Å². The zero-order chi connectivity index (χ0) is 8.48. The second-order valence-corrected chi connectivity index (χ2v) is 3.84. The van der Waals surface area contributed by atoms with Crippen LogP contribution in [-0.2, 0) is 0 Å². The van der Waals surface area contributed by atoms with Crippen molar-refractivity contribution in [2.75, 3.05) is 0 Å². The first-order valence-corrected chi connectivity index (χ1v) is 4.32. The van der Waals surface area contributed by atoms with Crippen molar-refractivity contribution in [3.63, 3.8) is 0 Å². The number of Topliss-reactive ketones (excluding diaryl/α,β-unsaturated/α-hetero) is 1. The van der Waals surface area contributed by atoms with Gasteiger partial charge in [-0.05, 0) is 25.3 Å². The quantitative estimate of drug-likeness (QED) is 0.684. The van der Waals surface area contributed by atoms with E-state index in [-0.39, 0.29) is 5.78 Å². The van der Waals surface area contributed by atoms with E-state index < -0.39 is 5.54 Å². The summed E-state index contributed by atoms with van der Waals surface area (Å²) in [6.07, 6.45) is 0. The summed E-state index contributed by atoms with van der Waals surface area (Å²) in [4.78, 5) is 11.4. The Morgan fingerprint density at radius 2 is 2.27 bits per heavy atom. The lowest BCUT2D eigenvalue weighted by atomic mass is 9.96. The molecule has 3 heteroatoms. The van der Waals surface area contributed by atoms with E-state index in [0.717, 1.165) is 0 Å². The van der Waals surface area contributed by atoms with Crippen LogP contribution in [0.2, 0.25) is 0 Å². The number of hydrogen-bond donors (Lipinski definition) is 1. The summed E-state index contributed by atoms with van der Waals surface area (Å²) >= 11 is 1.51. The lowest BCUT2D eigenvalue weighted by Gasteiger charge is -2.15. The first-order valence-electron chi connectivity index (χ1n) is 3.37. The van der Waals surface area contributed by atoms with Gasteiger partial charge in [0, 0.05) is 10.9 Å². The Hall–Kier alpha value is -0.670. The molecule has 2 N–H and O–H groups in total. The van der Waals surface area contributed by atoms with E-state index in [1.807, 2.05) is 10.8 Å². The Morgan fingerprint density at radius 1 is 1.64 bits per heavy atom. The number of rotatable bonds is 2. The largest absolute Gasteiger partial charge is 0.319 e. The highest BCUT2D eigenvalue weighted by atomic mass is 32.1. The third kappa shape index (κ3) is 1.88. The van der Waals surface area contributed by atoms with Gasteiger partial charge in [0.1, 0.15) is 0 Å². The van der Waals surface area contributed by atoms with E-state index in [4.69, 9.17) is 5.73 Å². The first-order chi connectivity index (χ1) is 5.02. The molecule has 0 aliphatic rings. The Bertz CT molecular complexity index is 246. The summed E-state index contributed by atoms with van der Waals surface area (Å²) in [5.41, 5.74) is 5.59. The van der Waals surface area contributed by atoms with Crippen LogP contribution in [0.3, 0.4) is 0 Å². The number of thiophene rings is 1. The number of carbonyl (C=O) groups is 1. The third-order valence-electron chi connectivity index (χ3n) is 1.37. The molecule has 0 aromatic carbocycles. The zero-order valence-electron chi connectivity index (χ0n) is 6.63. The highest BCUT2D eigenvalue weighted by molar-refractivity contribution is 7.08. The monoisotopic (exact) mass is 169 g/mol. The number of carbonyl (C=O) groups excluding carboxylic acids is 1. The molecule has 0 saturated heterocycles. The summed E-state index contributed by atoms with van der Waals surface area (Å²) in [7, 11) is 0. The molecule has 0 fully saturated rings. The molecule has 0 radical (unpaired) electrons. The molecule has 0 unspecified atom stereocenters. The molecule has 1 aromatic rings. The molecule has 0 atom stereocenters. The molecule has 1 aromatic heterocycles. The second kappa shape index (κ2) is 2.75. The van der Waals surface area contributed by atoms with E-state index in [1.165, 1.54) is 11.3 Å². The van der Waals surface area contributed by atoms with Crippen molar-refractivity contribution in [3.8, 4) is 0 Å². The fourth-order valence-electron chi connectivity index (χ4n) is 0.766. The topological polar surface area (TPSA) is 43.1 Å². The van der Waals surface area contributed by atoms with Crippen LogP contribution >= 0.6 is 11.3 Å². The van der Waals surface area contributed by atoms with Gasteiger partial charge in [0.05, 0.1) is 5.54 Å². The minimum Gasteiger partial charge on any atom is -0.319 e. The Balaban J connectivity index is 2.88. The Kier molecular flexibility index (Phi) is 2.11. The number of ketones is 1. The van der Waals surface area contributed by atoms with Gasteiger partial charge in [0.15, 0.2) is 5.78 Å². The van der Waals surface area contributed by atoms with E-state index in [0.29, 0.717) is 5.56 Å². The van der Waals surface area contributed by atoms with Crippen LogP contribution < -0.4 is 5.73 Å². The molecule has 0 spiro atoms. The van der Waals surface area contributed by atoms with Gasteiger partial charge >= 0.3 is 0 Å². The second-order valence-electron chi connectivity index (χ2n) is 3.06. The van der Waals surface area contributed by atoms with Gasteiger partial charge in [-0.1, -0.05) is 0 Å². The number of hydrogen-bond acceptors (Lipinski definition) is 3.